The third kappa shape index (κ3) is 7.30. The number of carbonyl (C=O) groups excluding carboxylic acids is 1. The molecule has 1 heterocycles. The second kappa shape index (κ2) is 7.30. The minimum absolute atomic E-state index is 0.500. The first-order valence-electron chi connectivity index (χ1n) is 2.84. The lowest BCUT2D eigenvalue weighted by Crippen LogP contribution is -2.37. The van der Waals surface area contributed by atoms with Crippen molar-refractivity contribution >= 4 is 6.08 Å². The van der Waals surface area contributed by atoms with Crippen molar-refractivity contribution in [3.8, 4) is 0 Å². The normalized spacial score (nSPS) is 16.9. The third-order valence-electron chi connectivity index (χ3n) is 0.957. The number of nitrogens with zero attached hydrogens (tertiary/aromatic N) is 1. The molecule has 0 saturated carbocycles. The molecule has 0 amide bonds. The lowest BCUT2D eigenvalue weighted by Gasteiger charge is -2.11. The second-order valence-electron chi connectivity index (χ2n) is 1.62. The number of nitrogens with one attached hydrogen (secondary N) is 2. The summed E-state index contributed by atoms with van der Waals surface area (Å²) in [5.74, 6) is 0. The molecule has 0 aromatic heterocycles. The van der Waals surface area contributed by atoms with Gasteiger partial charge in [0.15, 0.2) is 0 Å². The number of rotatable bonds is 0. The van der Waals surface area contributed by atoms with Crippen molar-refractivity contribution in [2.45, 2.75) is 6.42 Å². The minimum Gasteiger partial charge on any atom is -0.724 e. The van der Waals surface area contributed by atoms with E-state index in [4.69, 9.17) is 10.2 Å². The van der Waals surface area contributed by atoms with Crippen LogP contribution in [0.3, 0.4) is 0 Å². The molecular formula is C5H10N3O-. The fourth-order valence-electron chi connectivity index (χ4n) is 0.604. The largest absolute Gasteiger partial charge is 0.724 e. The van der Waals surface area contributed by atoms with Crippen LogP contribution in [0, 0.1) is 0 Å². The van der Waals surface area contributed by atoms with Crippen LogP contribution in [0.5, 0.6) is 0 Å². The monoisotopic (exact) mass is 128 g/mol. The van der Waals surface area contributed by atoms with Gasteiger partial charge in [0.1, 0.15) is 0 Å². The summed E-state index contributed by atoms with van der Waals surface area (Å²) in [7, 11) is 0. The summed E-state index contributed by atoms with van der Waals surface area (Å²) >= 11 is 0. The molecule has 52 valence electrons. The number of isocyanates is 1. The Labute approximate surface area is 54.1 Å². The van der Waals surface area contributed by atoms with E-state index in [0.29, 0.717) is 6.08 Å². The van der Waals surface area contributed by atoms with Crippen molar-refractivity contribution in [3.63, 3.8) is 0 Å². The summed E-state index contributed by atoms with van der Waals surface area (Å²) < 4.78 is 0. The van der Waals surface area contributed by atoms with Gasteiger partial charge in [-0.2, -0.15) is 0 Å². The van der Waals surface area contributed by atoms with Gasteiger partial charge in [0.2, 0.25) is 0 Å². The van der Waals surface area contributed by atoms with E-state index < -0.39 is 0 Å². The highest BCUT2D eigenvalue weighted by Crippen LogP contribution is 1.75. The van der Waals surface area contributed by atoms with Crippen LogP contribution in [-0.2, 0) is 4.79 Å². The summed E-state index contributed by atoms with van der Waals surface area (Å²) in [6.45, 7) is 3.38. The molecule has 0 aliphatic carbocycles. The van der Waals surface area contributed by atoms with Gasteiger partial charge in [-0.1, -0.05) is 0 Å². The maximum atomic E-state index is 8.24. The molecule has 1 rings (SSSR count). The highest BCUT2D eigenvalue weighted by molar-refractivity contribution is 5.36. The highest BCUT2D eigenvalue weighted by Gasteiger charge is 1.91. The molecule has 1 aliphatic heterocycles. The van der Waals surface area contributed by atoms with E-state index in [0.717, 1.165) is 6.67 Å². The van der Waals surface area contributed by atoms with Crippen LogP contribution in [0.25, 0.3) is 5.41 Å². The predicted octanol–water partition coefficient (Wildman–Crippen LogP) is -0.582. The van der Waals surface area contributed by atoms with Crippen LogP contribution in [-0.4, -0.2) is 25.8 Å². The zero-order chi connectivity index (χ0) is 6.95. The van der Waals surface area contributed by atoms with Crippen LogP contribution in [0.1, 0.15) is 6.42 Å². The molecule has 0 aromatic carbocycles. The molecule has 0 atom stereocenters. The summed E-state index contributed by atoms with van der Waals surface area (Å²) in [4.78, 5) is 8.24. The Morgan fingerprint density at radius 2 is 1.78 bits per heavy atom. The third-order valence-corrected chi connectivity index (χ3v) is 0.957. The second-order valence-corrected chi connectivity index (χ2v) is 1.62. The Balaban J connectivity index is 0.000000187. The lowest BCUT2D eigenvalue weighted by molar-refractivity contribution is 0.496. The van der Waals surface area contributed by atoms with Crippen LogP contribution >= 0.6 is 0 Å². The molecule has 0 unspecified atom stereocenters. The van der Waals surface area contributed by atoms with Gasteiger partial charge < -0.3 is 16.0 Å². The smallest absolute Gasteiger partial charge is 0.0454 e. The zero-order valence-electron chi connectivity index (χ0n) is 5.18. The van der Waals surface area contributed by atoms with Crippen LogP contribution < -0.4 is 10.6 Å². The summed E-state index contributed by atoms with van der Waals surface area (Å²) in [6.07, 6.45) is 1.78. The number of hydrogen-bond acceptors (Lipinski definition) is 3. The van der Waals surface area contributed by atoms with Gasteiger partial charge in [-0.15, -0.1) is 0 Å². The Morgan fingerprint density at radius 3 is 1.89 bits per heavy atom. The van der Waals surface area contributed by atoms with Crippen molar-refractivity contribution < 1.29 is 4.79 Å². The molecule has 9 heavy (non-hydrogen) atoms. The first kappa shape index (κ1) is 8.30. The lowest BCUT2D eigenvalue weighted by atomic mass is 10.4. The fraction of sp³-hybridized carbons (Fsp3) is 0.800. The fourth-order valence-corrected chi connectivity index (χ4v) is 0.604. The Morgan fingerprint density at radius 1 is 1.33 bits per heavy atom. The van der Waals surface area contributed by atoms with E-state index >= 15 is 0 Å². The van der Waals surface area contributed by atoms with E-state index in [9.17, 15) is 0 Å². The molecule has 1 saturated heterocycles. The van der Waals surface area contributed by atoms with Gasteiger partial charge in [0.05, 0.1) is 0 Å². The average molecular weight is 128 g/mol. The molecule has 1 fully saturated rings. The minimum atomic E-state index is 0.500. The Kier molecular flexibility index (Phi) is 6.73. The quantitative estimate of drug-likeness (QED) is 0.339. The van der Waals surface area contributed by atoms with Gasteiger partial charge in [-0.25, -0.2) is 0 Å². The van der Waals surface area contributed by atoms with E-state index in [2.05, 4.69) is 10.6 Å². The van der Waals surface area contributed by atoms with Crippen molar-refractivity contribution in [1.82, 2.24) is 10.6 Å². The van der Waals surface area contributed by atoms with E-state index in [1.807, 2.05) is 0 Å². The molecule has 0 aromatic rings. The molecule has 0 radical (unpaired) electrons. The molecule has 0 bridgehead atoms. The van der Waals surface area contributed by atoms with Crippen molar-refractivity contribution in [3.05, 3.63) is 5.41 Å². The molecule has 0 spiro atoms. The molecule has 4 nitrogen and oxygen atoms in total. The summed E-state index contributed by atoms with van der Waals surface area (Å²) in [5.41, 5.74) is 0. The molecule has 1 aliphatic rings. The van der Waals surface area contributed by atoms with Crippen LogP contribution in [0.15, 0.2) is 0 Å². The molecule has 4 heteroatoms. The maximum Gasteiger partial charge on any atom is 0.0454 e. The van der Waals surface area contributed by atoms with Gasteiger partial charge in [0, 0.05) is 6.67 Å². The molecular weight excluding hydrogens is 118 g/mol. The van der Waals surface area contributed by atoms with E-state index in [1.54, 1.807) is 0 Å². The van der Waals surface area contributed by atoms with Gasteiger partial charge in [0.25, 0.3) is 0 Å². The first-order chi connectivity index (χ1) is 4.41. The van der Waals surface area contributed by atoms with Crippen LogP contribution in [0.4, 0.5) is 0 Å². The van der Waals surface area contributed by atoms with E-state index in [-0.39, 0.29) is 0 Å². The van der Waals surface area contributed by atoms with Gasteiger partial charge in [-0.3, -0.25) is 4.79 Å². The van der Waals surface area contributed by atoms with E-state index in [1.165, 1.54) is 19.5 Å². The summed E-state index contributed by atoms with van der Waals surface area (Å²) in [6, 6.07) is 0. The van der Waals surface area contributed by atoms with Crippen molar-refractivity contribution in [1.29, 1.82) is 0 Å². The first-order valence-corrected chi connectivity index (χ1v) is 2.84. The van der Waals surface area contributed by atoms with Gasteiger partial charge >= 0.3 is 0 Å². The van der Waals surface area contributed by atoms with Crippen molar-refractivity contribution in [2.75, 3.05) is 19.8 Å². The summed E-state index contributed by atoms with van der Waals surface area (Å²) in [5, 5.41) is 13.1. The van der Waals surface area contributed by atoms with Crippen LogP contribution in [0.2, 0.25) is 0 Å². The zero-order valence-corrected chi connectivity index (χ0v) is 5.18. The maximum absolute atomic E-state index is 8.24. The van der Waals surface area contributed by atoms with Gasteiger partial charge in [-0.05, 0) is 25.6 Å². The Hall–Kier alpha value is -0.700. The number of hydrogen-bond donors (Lipinski definition) is 2. The topological polar surface area (TPSA) is 63.4 Å². The standard InChI is InChI=1S/C4H10N2.CNO/c1-2-5-4-6-3-1;2-1-3/h5-6H,1-4H2;/q;-1. The predicted molar refractivity (Wildman–Crippen MR) is 34.5 cm³/mol. The average Bonchev–Trinajstić information content (AvgIpc) is 1.93. The molecule has 2 N–H and O–H groups in total. The van der Waals surface area contributed by atoms with Crippen molar-refractivity contribution in [2.24, 2.45) is 0 Å². The SMILES string of the molecule is C1CNCNC1.[N-]=C=O. The highest BCUT2D eigenvalue weighted by atomic mass is 16.1. The Bertz CT molecular complexity index is 72.7.